The van der Waals surface area contributed by atoms with E-state index >= 15 is 0 Å². The minimum absolute atomic E-state index is 0.0454. The summed E-state index contributed by atoms with van der Waals surface area (Å²) in [6, 6.07) is 4.06. The molecule has 1 aromatic carbocycles. The first kappa shape index (κ1) is 19.3. The van der Waals surface area contributed by atoms with Gasteiger partial charge in [-0.1, -0.05) is 13.8 Å². The average Bonchev–Trinajstić information content (AvgIpc) is 3.24. The van der Waals surface area contributed by atoms with E-state index in [2.05, 4.69) is 20.8 Å². The van der Waals surface area contributed by atoms with Crippen molar-refractivity contribution in [3.8, 4) is 11.5 Å². The van der Waals surface area contributed by atoms with Crippen LogP contribution in [-0.4, -0.2) is 35.0 Å². The number of aromatic hydroxyl groups is 2. The van der Waals surface area contributed by atoms with Crippen molar-refractivity contribution in [1.82, 2.24) is 0 Å². The highest BCUT2D eigenvalue weighted by Gasteiger charge is 2.60. The lowest BCUT2D eigenvalue weighted by molar-refractivity contribution is -0.193. The quantitative estimate of drug-likeness (QED) is 0.590. The summed E-state index contributed by atoms with van der Waals surface area (Å²) < 4.78 is 17.3. The molecule has 2 bridgehead atoms. The zero-order chi connectivity index (χ0) is 20.3. The third-order valence-corrected chi connectivity index (χ3v) is 7.01. The number of benzene rings is 1. The summed E-state index contributed by atoms with van der Waals surface area (Å²) in [5.74, 6) is -1.80. The summed E-state index contributed by atoms with van der Waals surface area (Å²) in [5, 5.41) is 20.0. The van der Waals surface area contributed by atoms with E-state index in [1.807, 2.05) is 0 Å². The van der Waals surface area contributed by atoms with Crippen molar-refractivity contribution in [2.45, 2.75) is 63.9 Å². The molecule has 1 aromatic rings. The van der Waals surface area contributed by atoms with Crippen LogP contribution in [0.25, 0.3) is 0 Å². The standard InChI is InChI=1S/C22H28O6/c1-20(2)17(21(3)10-9-18(20)27-21)8-5-13-12-22(26-4,28-19(13)25)15-11-14(23)6-7-16(15)24/h6-7,11-12,17-18,23-24H,5,8-10H2,1-4H3/t17-,18+,21-,22-/m1/s1. The van der Waals surface area contributed by atoms with Gasteiger partial charge in [-0.05, 0) is 62.1 Å². The van der Waals surface area contributed by atoms with Crippen LogP contribution in [0.1, 0.15) is 52.0 Å². The number of esters is 1. The predicted octanol–water partition coefficient (Wildman–Crippen LogP) is 3.75. The van der Waals surface area contributed by atoms with Gasteiger partial charge < -0.3 is 24.4 Å². The van der Waals surface area contributed by atoms with Gasteiger partial charge in [-0.2, -0.15) is 0 Å². The molecule has 0 amide bonds. The normalized spacial score (nSPS) is 35.9. The van der Waals surface area contributed by atoms with Crippen molar-refractivity contribution >= 4 is 5.97 Å². The SMILES string of the molecule is CO[C@]1(c2cc(O)ccc2O)C=C(CC[C@@H]2C(C)(C)[C@@H]3CC[C@@]2(C)O3)C(=O)O1. The molecular formula is C22H28O6. The number of methoxy groups -OCH3 is 1. The third-order valence-electron chi connectivity index (χ3n) is 7.01. The molecule has 6 nitrogen and oxygen atoms in total. The monoisotopic (exact) mass is 388 g/mol. The average molecular weight is 388 g/mol. The summed E-state index contributed by atoms with van der Waals surface area (Å²) in [6.07, 6.45) is 5.39. The van der Waals surface area contributed by atoms with E-state index in [1.165, 1.54) is 25.3 Å². The first-order chi connectivity index (χ1) is 13.1. The highest BCUT2D eigenvalue weighted by atomic mass is 16.7. The Bertz CT molecular complexity index is 839. The number of phenols is 2. The van der Waals surface area contributed by atoms with Crippen molar-refractivity contribution < 1.29 is 29.2 Å². The Kier molecular flexibility index (Phi) is 4.28. The molecular weight excluding hydrogens is 360 g/mol. The summed E-state index contributed by atoms with van der Waals surface area (Å²) in [5.41, 5.74) is 0.650. The van der Waals surface area contributed by atoms with E-state index in [0.29, 0.717) is 17.9 Å². The molecule has 0 saturated carbocycles. The topological polar surface area (TPSA) is 85.2 Å². The maximum absolute atomic E-state index is 12.6. The highest BCUT2D eigenvalue weighted by molar-refractivity contribution is 5.91. The summed E-state index contributed by atoms with van der Waals surface area (Å²) in [6.45, 7) is 6.68. The lowest BCUT2D eigenvalue weighted by Crippen LogP contribution is -2.40. The van der Waals surface area contributed by atoms with Crippen LogP contribution in [0.15, 0.2) is 29.8 Å². The van der Waals surface area contributed by atoms with Crippen molar-refractivity contribution in [2.24, 2.45) is 11.3 Å². The zero-order valence-corrected chi connectivity index (χ0v) is 16.8. The first-order valence-corrected chi connectivity index (χ1v) is 9.82. The van der Waals surface area contributed by atoms with Gasteiger partial charge >= 0.3 is 5.97 Å². The summed E-state index contributed by atoms with van der Waals surface area (Å²) in [4.78, 5) is 12.6. The second-order valence-corrected chi connectivity index (χ2v) is 9.00. The second-order valence-electron chi connectivity index (χ2n) is 9.00. The number of ether oxygens (including phenoxy) is 3. The van der Waals surface area contributed by atoms with E-state index in [9.17, 15) is 15.0 Å². The summed E-state index contributed by atoms with van der Waals surface area (Å²) >= 11 is 0. The Morgan fingerprint density at radius 1 is 1.25 bits per heavy atom. The Morgan fingerprint density at radius 3 is 2.64 bits per heavy atom. The van der Waals surface area contributed by atoms with E-state index in [-0.39, 0.29) is 34.2 Å². The van der Waals surface area contributed by atoms with Crippen LogP contribution in [0.3, 0.4) is 0 Å². The molecule has 0 spiro atoms. The molecule has 6 heteroatoms. The number of rotatable bonds is 5. The molecule has 0 aromatic heterocycles. The van der Waals surface area contributed by atoms with Crippen LogP contribution in [0.5, 0.6) is 11.5 Å². The van der Waals surface area contributed by atoms with Gasteiger partial charge in [0.2, 0.25) is 0 Å². The van der Waals surface area contributed by atoms with Crippen LogP contribution < -0.4 is 0 Å². The van der Waals surface area contributed by atoms with Crippen molar-refractivity contribution in [3.63, 3.8) is 0 Å². The van der Waals surface area contributed by atoms with Gasteiger partial charge in [0, 0.05) is 18.8 Å². The molecule has 4 rings (SSSR count). The Labute approximate surface area is 165 Å². The molecule has 0 radical (unpaired) electrons. The van der Waals surface area contributed by atoms with Gasteiger partial charge in [0.25, 0.3) is 5.79 Å². The fraction of sp³-hybridized carbons (Fsp3) is 0.591. The molecule has 2 saturated heterocycles. The van der Waals surface area contributed by atoms with Crippen molar-refractivity contribution in [2.75, 3.05) is 7.11 Å². The molecule has 28 heavy (non-hydrogen) atoms. The molecule has 152 valence electrons. The lowest BCUT2D eigenvalue weighted by Gasteiger charge is -2.39. The number of hydrogen-bond acceptors (Lipinski definition) is 6. The van der Waals surface area contributed by atoms with Gasteiger partial charge in [-0.15, -0.1) is 0 Å². The number of carbonyl (C=O) groups is 1. The number of fused-ring (bicyclic) bond motifs is 2. The number of hydrogen-bond donors (Lipinski definition) is 2. The predicted molar refractivity (Wildman–Crippen MR) is 102 cm³/mol. The second kappa shape index (κ2) is 6.22. The van der Waals surface area contributed by atoms with Gasteiger partial charge in [-0.25, -0.2) is 4.79 Å². The fourth-order valence-electron chi connectivity index (χ4n) is 5.47. The minimum Gasteiger partial charge on any atom is -0.508 e. The largest absolute Gasteiger partial charge is 0.508 e. The Morgan fingerprint density at radius 2 is 2.00 bits per heavy atom. The van der Waals surface area contributed by atoms with E-state index in [4.69, 9.17) is 14.2 Å². The fourth-order valence-corrected chi connectivity index (χ4v) is 5.47. The number of phenolic OH excluding ortho intramolecular Hbond substituents is 2. The van der Waals surface area contributed by atoms with Crippen LogP contribution in [0.2, 0.25) is 0 Å². The Balaban J connectivity index is 1.59. The van der Waals surface area contributed by atoms with E-state index in [1.54, 1.807) is 6.08 Å². The minimum atomic E-state index is -1.53. The lowest BCUT2D eigenvalue weighted by atomic mass is 9.62. The maximum atomic E-state index is 12.6. The summed E-state index contributed by atoms with van der Waals surface area (Å²) in [7, 11) is 1.41. The third kappa shape index (κ3) is 2.73. The maximum Gasteiger partial charge on any atom is 0.336 e. The zero-order valence-electron chi connectivity index (χ0n) is 16.8. The highest BCUT2D eigenvalue weighted by Crippen LogP contribution is 2.59. The molecule has 3 heterocycles. The van der Waals surface area contributed by atoms with Gasteiger partial charge in [-0.3, -0.25) is 0 Å². The first-order valence-electron chi connectivity index (χ1n) is 9.82. The van der Waals surface area contributed by atoms with Crippen molar-refractivity contribution in [3.05, 3.63) is 35.4 Å². The van der Waals surface area contributed by atoms with Gasteiger partial charge in [0.05, 0.1) is 17.3 Å². The number of carbonyl (C=O) groups excluding carboxylic acids is 1. The van der Waals surface area contributed by atoms with E-state index in [0.717, 1.165) is 19.3 Å². The molecule has 3 aliphatic rings. The molecule has 0 unspecified atom stereocenters. The number of cyclic esters (lactones) is 1. The molecule has 2 fully saturated rings. The Hall–Kier alpha value is -2.05. The van der Waals surface area contributed by atoms with Gasteiger partial charge in [0.1, 0.15) is 11.5 Å². The van der Waals surface area contributed by atoms with Crippen LogP contribution in [0, 0.1) is 11.3 Å². The van der Waals surface area contributed by atoms with Crippen LogP contribution in [-0.2, 0) is 24.8 Å². The molecule has 4 atom stereocenters. The molecule has 2 N–H and O–H groups in total. The van der Waals surface area contributed by atoms with Crippen LogP contribution >= 0.6 is 0 Å². The van der Waals surface area contributed by atoms with Crippen LogP contribution in [0.4, 0.5) is 0 Å². The smallest absolute Gasteiger partial charge is 0.336 e. The van der Waals surface area contributed by atoms with E-state index < -0.39 is 11.8 Å². The van der Waals surface area contributed by atoms with Crippen molar-refractivity contribution in [1.29, 1.82) is 0 Å². The molecule has 0 aliphatic carbocycles. The molecule has 3 aliphatic heterocycles. The van der Waals surface area contributed by atoms with Gasteiger partial charge in [0.15, 0.2) is 0 Å².